The second-order valence-electron chi connectivity index (χ2n) is 5.16. The fourth-order valence-electron chi connectivity index (χ4n) is 2.17. The number of ether oxygens (including phenoxy) is 2. The lowest BCUT2D eigenvalue weighted by molar-refractivity contribution is 0.0943. The molecular formula is C16H17NO4S. The number of rotatable bonds is 4. The van der Waals surface area contributed by atoms with Crippen molar-refractivity contribution < 1.29 is 17.9 Å². The van der Waals surface area contributed by atoms with Crippen LogP contribution in [0.2, 0.25) is 0 Å². The highest BCUT2D eigenvalue weighted by atomic mass is 32.2. The molecule has 3 rings (SSSR count). The Hall–Kier alpha value is -2.05. The van der Waals surface area contributed by atoms with Crippen molar-refractivity contribution in [2.75, 3.05) is 13.2 Å². The second kappa shape index (κ2) is 5.98. The highest BCUT2D eigenvalue weighted by Gasteiger charge is 2.23. The number of hydrogen-bond donors (Lipinski definition) is 1. The quantitative estimate of drug-likeness (QED) is 0.937. The van der Waals surface area contributed by atoms with Gasteiger partial charge in [0.2, 0.25) is 10.0 Å². The third-order valence-electron chi connectivity index (χ3n) is 3.40. The Balaban J connectivity index is 1.64. The van der Waals surface area contributed by atoms with Crippen LogP contribution in [0.4, 0.5) is 0 Å². The Morgan fingerprint density at radius 3 is 2.50 bits per heavy atom. The van der Waals surface area contributed by atoms with Crippen LogP contribution in [0.25, 0.3) is 0 Å². The van der Waals surface area contributed by atoms with Crippen LogP contribution < -0.4 is 14.2 Å². The molecule has 0 aliphatic carbocycles. The van der Waals surface area contributed by atoms with Gasteiger partial charge >= 0.3 is 0 Å². The van der Waals surface area contributed by atoms with Crippen LogP contribution >= 0.6 is 0 Å². The number of aryl methyl sites for hydroxylation is 1. The van der Waals surface area contributed by atoms with Crippen LogP contribution in [0.1, 0.15) is 5.56 Å². The zero-order valence-corrected chi connectivity index (χ0v) is 13.0. The van der Waals surface area contributed by atoms with Crippen LogP contribution in [-0.4, -0.2) is 27.7 Å². The zero-order valence-electron chi connectivity index (χ0n) is 12.2. The van der Waals surface area contributed by atoms with Crippen LogP contribution in [0.3, 0.4) is 0 Å². The van der Waals surface area contributed by atoms with Gasteiger partial charge in [-0.2, -0.15) is 0 Å². The highest BCUT2D eigenvalue weighted by Crippen LogP contribution is 2.30. The molecule has 0 unspecified atom stereocenters. The molecule has 0 fully saturated rings. The minimum Gasteiger partial charge on any atom is -0.486 e. The van der Waals surface area contributed by atoms with E-state index >= 15 is 0 Å². The zero-order chi connectivity index (χ0) is 15.6. The molecule has 0 saturated carbocycles. The van der Waals surface area contributed by atoms with E-state index < -0.39 is 10.0 Å². The lowest BCUT2D eigenvalue weighted by Gasteiger charge is -2.26. The van der Waals surface area contributed by atoms with Crippen molar-refractivity contribution in [3.63, 3.8) is 0 Å². The average Bonchev–Trinajstić information content (AvgIpc) is 2.53. The van der Waals surface area contributed by atoms with Crippen molar-refractivity contribution in [2.24, 2.45) is 0 Å². The molecule has 6 heteroatoms. The van der Waals surface area contributed by atoms with Crippen molar-refractivity contribution in [2.45, 2.75) is 17.9 Å². The molecule has 0 saturated heterocycles. The summed E-state index contributed by atoms with van der Waals surface area (Å²) in [7, 11) is -3.54. The van der Waals surface area contributed by atoms with E-state index in [4.69, 9.17) is 9.47 Å². The predicted octanol–water partition coefficient (Wildman–Crippen LogP) is 2.11. The van der Waals surface area contributed by atoms with Crippen molar-refractivity contribution in [1.82, 2.24) is 4.72 Å². The Labute approximate surface area is 129 Å². The summed E-state index contributed by atoms with van der Waals surface area (Å²) in [5, 5.41) is 0. The van der Waals surface area contributed by atoms with E-state index in [-0.39, 0.29) is 17.5 Å². The molecule has 0 aromatic heterocycles. The van der Waals surface area contributed by atoms with Gasteiger partial charge in [0.05, 0.1) is 11.4 Å². The van der Waals surface area contributed by atoms with Crippen molar-refractivity contribution in [3.8, 4) is 11.5 Å². The molecule has 0 amide bonds. The molecule has 2 aromatic rings. The van der Waals surface area contributed by atoms with Crippen LogP contribution in [0.15, 0.2) is 53.4 Å². The minimum atomic E-state index is -3.54. The molecule has 0 radical (unpaired) electrons. The molecule has 1 atom stereocenters. The van der Waals surface area contributed by atoms with Crippen LogP contribution in [-0.2, 0) is 10.0 Å². The van der Waals surface area contributed by atoms with Gasteiger partial charge in [0, 0.05) is 0 Å². The number of nitrogens with one attached hydrogen (secondary N) is 1. The molecule has 1 aliphatic heterocycles. The molecule has 116 valence electrons. The number of hydrogen-bond acceptors (Lipinski definition) is 4. The smallest absolute Gasteiger partial charge is 0.240 e. The van der Waals surface area contributed by atoms with Gasteiger partial charge in [-0.05, 0) is 31.2 Å². The van der Waals surface area contributed by atoms with E-state index in [1.807, 2.05) is 25.1 Å². The van der Waals surface area contributed by atoms with Gasteiger partial charge in [0.1, 0.15) is 12.7 Å². The summed E-state index contributed by atoms with van der Waals surface area (Å²) < 4.78 is 38.3. The summed E-state index contributed by atoms with van der Waals surface area (Å²) in [6, 6.07) is 14.0. The van der Waals surface area contributed by atoms with E-state index in [9.17, 15) is 8.42 Å². The Kier molecular flexibility index (Phi) is 4.04. The summed E-state index contributed by atoms with van der Waals surface area (Å²) in [6.07, 6.45) is -0.352. The van der Waals surface area contributed by atoms with E-state index in [0.717, 1.165) is 5.56 Å². The van der Waals surface area contributed by atoms with Crippen molar-refractivity contribution in [3.05, 3.63) is 54.1 Å². The Morgan fingerprint density at radius 1 is 1.09 bits per heavy atom. The number of benzene rings is 2. The van der Waals surface area contributed by atoms with Gasteiger partial charge < -0.3 is 9.47 Å². The van der Waals surface area contributed by atoms with Gasteiger partial charge in [0.25, 0.3) is 0 Å². The van der Waals surface area contributed by atoms with E-state index in [2.05, 4.69) is 4.72 Å². The van der Waals surface area contributed by atoms with Crippen LogP contribution in [0.5, 0.6) is 11.5 Å². The third-order valence-corrected chi connectivity index (χ3v) is 4.84. The lowest BCUT2D eigenvalue weighted by atomic mass is 10.2. The average molecular weight is 319 g/mol. The minimum absolute atomic E-state index is 0.157. The normalized spacial score (nSPS) is 17.2. The third kappa shape index (κ3) is 3.23. The maximum absolute atomic E-state index is 12.2. The van der Waals surface area contributed by atoms with Gasteiger partial charge in [-0.3, -0.25) is 0 Å². The summed E-state index contributed by atoms with van der Waals surface area (Å²) in [5.41, 5.74) is 1.01. The fraction of sp³-hybridized carbons (Fsp3) is 0.250. The fourth-order valence-corrected chi connectivity index (χ4v) is 3.23. The molecule has 1 aliphatic rings. The van der Waals surface area contributed by atoms with E-state index in [0.29, 0.717) is 18.1 Å². The monoisotopic (exact) mass is 319 g/mol. The molecule has 0 spiro atoms. The first-order valence-electron chi connectivity index (χ1n) is 6.99. The summed E-state index contributed by atoms with van der Waals surface area (Å²) >= 11 is 0. The molecule has 2 aromatic carbocycles. The van der Waals surface area contributed by atoms with E-state index in [1.165, 1.54) is 0 Å². The maximum atomic E-state index is 12.2. The first-order chi connectivity index (χ1) is 10.5. The highest BCUT2D eigenvalue weighted by molar-refractivity contribution is 7.89. The maximum Gasteiger partial charge on any atom is 0.240 e. The van der Waals surface area contributed by atoms with Crippen molar-refractivity contribution in [1.29, 1.82) is 0 Å². The van der Waals surface area contributed by atoms with Gasteiger partial charge in [-0.1, -0.05) is 29.8 Å². The summed E-state index contributed by atoms with van der Waals surface area (Å²) in [5.74, 6) is 1.31. The SMILES string of the molecule is Cc1ccc(S(=O)(=O)NC[C@H]2COc3ccccc3O2)cc1. The van der Waals surface area contributed by atoms with Crippen molar-refractivity contribution >= 4 is 10.0 Å². The first-order valence-corrected chi connectivity index (χ1v) is 8.48. The number of sulfonamides is 1. The van der Waals surface area contributed by atoms with Gasteiger partial charge in [-0.15, -0.1) is 0 Å². The topological polar surface area (TPSA) is 64.6 Å². The van der Waals surface area contributed by atoms with E-state index in [1.54, 1.807) is 30.3 Å². The number of fused-ring (bicyclic) bond motifs is 1. The first kappa shape index (κ1) is 14.9. The largest absolute Gasteiger partial charge is 0.486 e. The summed E-state index contributed by atoms with van der Waals surface area (Å²) in [6.45, 7) is 2.38. The standard InChI is InChI=1S/C16H17NO4S/c1-12-6-8-14(9-7-12)22(18,19)17-10-13-11-20-15-4-2-3-5-16(15)21-13/h2-9,13,17H,10-11H2,1H3/t13-/m0/s1. The Morgan fingerprint density at radius 2 is 1.77 bits per heavy atom. The van der Waals surface area contributed by atoms with Crippen LogP contribution in [0, 0.1) is 6.92 Å². The molecule has 5 nitrogen and oxygen atoms in total. The van der Waals surface area contributed by atoms with Gasteiger partial charge in [0.15, 0.2) is 11.5 Å². The molecule has 1 heterocycles. The molecule has 0 bridgehead atoms. The lowest BCUT2D eigenvalue weighted by Crippen LogP contribution is -2.40. The molecule has 1 N–H and O–H groups in total. The second-order valence-corrected chi connectivity index (χ2v) is 6.93. The van der Waals surface area contributed by atoms with Gasteiger partial charge in [-0.25, -0.2) is 13.1 Å². The summed E-state index contributed by atoms with van der Waals surface area (Å²) in [4.78, 5) is 0.246. The number of para-hydroxylation sites is 2. The Bertz CT molecular complexity index is 756. The predicted molar refractivity (Wildman–Crippen MR) is 82.7 cm³/mol. The molecular weight excluding hydrogens is 302 g/mol. The molecule has 22 heavy (non-hydrogen) atoms.